The summed E-state index contributed by atoms with van der Waals surface area (Å²) in [4.78, 5) is 1.19. The monoisotopic (exact) mass is 532 g/mol. The van der Waals surface area contributed by atoms with Gasteiger partial charge in [0.25, 0.3) is 0 Å². The number of anilines is 1. The number of thiophene rings is 1. The highest BCUT2D eigenvalue weighted by molar-refractivity contribution is 7.85. The largest absolute Gasteiger partial charge is 0.306 e. The molecule has 1 N–H and O–H groups in total. The van der Waals surface area contributed by atoms with E-state index in [1.165, 1.54) is 54.5 Å². The third-order valence-electron chi connectivity index (χ3n) is 5.95. The first kappa shape index (κ1) is 29.6. The molecule has 0 amide bonds. The van der Waals surface area contributed by atoms with Crippen LogP contribution in [0.15, 0.2) is 66.0 Å². The Bertz CT molecular complexity index is 976. The van der Waals surface area contributed by atoms with Gasteiger partial charge in [-0.1, -0.05) is 93.6 Å². The summed E-state index contributed by atoms with van der Waals surface area (Å²) in [5.74, 6) is 0. The molecule has 0 fully saturated rings. The summed E-state index contributed by atoms with van der Waals surface area (Å²) in [6.45, 7) is 4.95. The maximum Gasteiger partial charge on any atom is 0.116 e. The van der Waals surface area contributed by atoms with Crippen LogP contribution in [0.5, 0.6) is 0 Å². The third kappa shape index (κ3) is 10.1. The number of hydrogen-bond donors (Lipinski definition) is 1. The van der Waals surface area contributed by atoms with Gasteiger partial charge in [-0.3, -0.25) is 4.31 Å². The van der Waals surface area contributed by atoms with E-state index < -0.39 is 11.0 Å². The molecule has 2 aromatic carbocycles. The topological polar surface area (TPSA) is 32.3 Å². The molecular formula is C29H41ClN2OS2. The van der Waals surface area contributed by atoms with E-state index in [4.69, 9.17) is 11.6 Å². The molecule has 35 heavy (non-hydrogen) atoms. The Morgan fingerprint density at radius 3 is 2.20 bits per heavy atom. The van der Waals surface area contributed by atoms with Crippen LogP contribution in [0.3, 0.4) is 0 Å². The van der Waals surface area contributed by atoms with Gasteiger partial charge in [0.05, 0.1) is 16.6 Å². The van der Waals surface area contributed by atoms with Crippen molar-refractivity contribution in [3.8, 4) is 0 Å². The zero-order chi connectivity index (χ0) is 25.5. The average molecular weight is 533 g/mol. The fraction of sp³-hybridized carbons (Fsp3) is 0.448. The average Bonchev–Trinajstić information content (AvgIpc) is 3.37. The maximum atomic E-state index is 12.1. The minimum absolute atomic E-state index is 0.0640. The lowest BCUT2D eigenvalue weighted by Gasteiger charge is -2.23. The van der Waals surface area contributed by atoms with Crippen LogP contribution in [0.1, 0.15) is 74.4 Å². The van der Waals surface area contributed by atoms with Crippen LogP contribution in [0.2, 0.25) is 5.02 Å². The number of unbranched alkanes of at least 4 members (excludes halogenated alkanes) is 5. The third-order valence-corrected chi connectivity index (χ3v) is 8.14. The maximum absolute atomic E-state index is 12.1. The minimum Gasteiger partial charge on any atom is -0.306 e. The van der Waals surface area contributed by atoms with E-state index in [-0.39, 0.29) is 6.04 Å². The number of benzene rings is 2. The lowest BCUT2D eigenvalue weighted by atomic mass is 10.0. The van der Waals surface area contributed by atoms with Crippen LogP contribution in [-0.2, 0) is 17.4 Å². The van der Waals surface area contributed by atoms with E-state index in [1.807, 2.05) is 37.3 Å². The van der Waals surface area contributed by atoms with Crippen LogP contribution >= 0.6 is 22.9 Å². The minimum atomic E-state index is -1.06. The van der Waals surface area contributed by atoms with E-state index in [2.05, 4.69) is 59.2 Å². The summed E-state index contributed by atoms with van der Waals surface area (Å²) < 4.78 is 13.9. The first-order valence-electron chi connectivity index (χ1n) is 12.7. The SMILES string of the molecule is CC.CN(c1ccsc1C(NCCCCCCCCc1ccccc1)c1ccc(Cl)cc1)S(C)=O. The number of nitrogens with one attached hydrogen (secondary N) is 1. The van der Waals surface area contributed by atoms with Crippen molar-refractivity contribution >= 4 is 39.6 Å². The molecular weight excluding hydrogens is 492 g/mol. The van der Waals surface area contributed by atoms with Crippen molar-refractivity contribution in [3.63, 3.8) is 0 Å². The van der Waals surface area contributed by atoms with E-state index >= 15 is 0 Å². The second-order valence-corrected chi connectivity index (χ2v) is 11.2. The van der Waals surface area contributed by atoms with Crippen molar-refractivity contribution in [1.82, 2.24) is 5.32 Å². The Hall–Kier alpha value is -1.66. The number of rotatable bonds is 14. The smallest absolute Gasteiger partial charge is 0.116 e. The molecule has 2 unspecified atom stereocenters. The fourth-order valence-electron chi connectivity index (χ4n) is 4.00. The molecule has 192 valence electrons. The highest BCUT2D eigenvalue weighted by Gasteiger charge is 2.21. The summed E-state index contributed by atoms with van der Waals surface area (Å²) >= 11 is 7.84. The lowest BCUT2D eigenvalue weighted by molar-refractivity contribution is 0.542. The normalized spacial score (nSPS) is 12.5. The van der Waals surface area contributed by atoms with Gasteiger partial charge in [0.1, 0.15) is 11.0 Å². The molecule has 0 aliphatic carbocycles. The van der Waals surface area contributed by atoms with Crippen molar-refractivity contribution in [2.24, 2.45) is 0 Å². The quantitative estimate of drug-likeness (QED) is 0.211. The van der Waals surface area contributed by atoms with Gasteiger partial charge < -0.3 is 5.32 Å². The Kier molecular flexibility index (Phi) is 14.3. The summed E-state index contributed by atoms with van der Waals surface area (Å²) in [6.07, 6.45) is 10.4. The molecule has 1 aromatic heterocycles. The molecule has 0 spiro atoms. The number of aryl methyl sites for hydroxylation is 1. The molecule has 0 radical (unpaired) electrons. The van der Waals surface area contributed by atoms with Crippen molar-refractivity contribution < 1.29 is 4.21 Å². The van der Waals surface area contributed by atoms with Crippen molar-refractivity contribution in [2.75, 3.05) is 24.2 Å². The molecule has 0 aliphatic heterocycles. The Morgan fingerprint density at radius 1 is 0.914 bits per heavy atom. The molecule has 0 aliphatic rings. The number of nitrogens with zero attached hydrogens (tertiary/aromatic N) is 1. The van der Waals surface area contributed by atoms with Crippen LogP contribution in [0.25, 0.3) is 0 Å². The highest BCUT2D eigenvalue weighted by atomic mass is 35.5. The molecule has 0 bridgehead atoms. The molecule has 2 atom stereocenters. The van der Waals surface area contributed by atoms with Crippen LogP contribution in [-0.4, -0.2) is 24.1 Å². The molecule has 0 saturated heterocycles. The first-order valence-corrected chi connectivity index (χ1v) is 15.5. The van der Waals surface area contributed by atoms with E-state index in [0.717, 1.165) is 23.7 Å². The molecule has 0 saturated carbocycles. The van der Waals surface area contributed by atoms with Crippen molar-refractivity contribution in [1.29, 1.82) is 0 Å². The summed E-state index contributed by atoms with van der Waals surface area (Å²) in [6, 6.07) is 20.9. The second kappa shape index (κ2) is 16.9. The summed E-state index contributed by atoms with van der Waals surface area (Å²) in [7, 11) is 0.826. The molecule has 3 rings (SSSR count). The second-order valence-electron chi connectivity index (χ2n) is 8.39. The van der Waals surface area contributed by atoms with Gasteiger partial charge in [0.15, 0.2) is 0 Å². The first-order chi connectivity index (χ1) is 17.1. The zero-order valence-electron chi connectivity index (χ0n) is 21.6. The number of hydrogen-bond acceptors (Lipinski definition) is 3. The van der Waals surface area contributed by atoms with Crippen molar-refractivity contribution in [3.05, 3.63) is 87.1 Å². The Balaban J connectivity index is 0.00000210. The Labute approximate surface area is 224 Å². The fourth-order valence-corrected chi connectivity index (χ4v) is 5.64. The van der Waals surface area contributed by atoms with Crippen molar-refractivity contribution in [2.45, 2.75) is 64.8 Å². The van der Waals surface area contributed by atoms with Crippen LogP contribution in [0.4, 0.5) is 5.69 Å². The zero-order valence-corrected chi connectivity index (χ0v) is 24.0. The Morgan fingerprint density at radius 2 is 1.54 bits per heavy atom. The van der Waals surface area contributed by atoms with Gasteiger partial charge in [0, 0.05) is 18.3 Å². The highest BCUT2D eigenvalue weighted by Crippen LogP contribution is 2.36. The summed E-state index contributed by atoms with van der Waals surface area (Å²) in [5, 5.41) is 6.57. The molecule has 6 heteroatoms. The van der Waals surface area contributed by atoms with E-state index in [9.17, 15) is 4.21 Å². The van der Waals surface area contributed by atoms with Gasteiger partial charge in [-0.15, -0.1) is 11.3 Å². The molecule has 1 heterocycles. The van der Waals surface area contributed by atoms with Gasteiger partial charge in [-0.25, -0.2) is 4.21 Å². The summed E-state index contributed by atoms with van der Waals surface area (Å²) in [5.41, 5.74) is 3.64. The predicted octanol–water partition coefficient (Wildman–Crippen LogP) is 8.42. The predicted molar refractivity (Wildman–Crippen MR) is 157 cm³/mol. The number of halogens is 1. The van der Waals surface area contributed by atoms with Gasteiger partial charge in [-0.2, -0.15) is 0 Å². The van der Waals surface area contributed by atoms with E-state index in [0.29, 0.717) is 0 Å². The van der Waals surface area contributed by atoms with Gasteiger partial charge in [0.2, 0.25) is 0 Å². The van der Waals surface area contributed by atoms with Gasteiger partial charge in [-0.05, 0) is 60.5 Å². The van der Waals surface area contributed by atoms with Crippen LogP contribution in [0, 0.1) is 0 Å². The van der Waals surface area contributed by atoms with Crippen LogP contribution < -0.4 is 9.62 Å². The van der Waals surface area contributed by atoms with Gasteiger partial charge >= 0.3 is 0 Å². The lowest BCUT2D eigenvalue weighted by Crippen LogP contribution is -2.26. The van der Waals surface area contributed by atoms with E-state index in [1.54, 1.807) is 17.6 Å². The molecule has 3 nitrogen and oxygen atoms in total. The standard InChI is InChI=1S/C27H35ClN2OS2.C2H6/c1-30(33(2)31)25-19-21-32-27(25)26(23-15-17-24(28)18-16-23)29-20-11-6-4-3-5-8-12-22-13-9-7-10-14-22;1-2/h7,9-10,13-19,21,26,29H,3-6,8,11-12,20H2,1-2H3;1-2H3. The molecule has 3 aromatic rings.